The normalized spacial score (nSPS) is 16.9. The van der Waals surface area contributed by atoms with Gasteiger partial charge >= 0.3 is 0 Å². The van der Waals surface area contributed by atoms with Crippen molar-refractivity contribution in [3.8, 4) is 0 Å². The molecule has 27 heavy (non-hydrogen) atoms. The van der Waals surface area contributed by atoms with Gasteiger partial charge in [-0.15, -0.1) is 0 Å². The molecule has 138 valence electrons. The number of nitrogens with one attached hydrogen (secondary N) is 1. The molecule has 4 rings (SSSR count). The summed E-state index contributed by atoms with van der Waals surface area (Å²) in [5, 5.41) is 2.94. The predicted octanol–water partition coefficient (Wildman–Crippen LogP) is 3.11. The average molecular weight is 363 g/mol. The Kier molecular flexibility index (Phi) is 4.39. The Balaban J connectivity index is 1.42. The molecule has 1 fully saturated rings. The molecule has 2 heterocycles. The number of hydrogen-bond donors (Lipinski definition) is 1. The van der Waals surface area contributed by atoms with E-state index < -0.39 is 0 Å². The summed E-state index contributed by atoms with van der Waals surface area (Å²) in [6, 6.07) is 13.5. The lowest BCUT2D eigenvalue weighted by molar-refractivity contribution is -0.126. The first-order chi connectivity index (χ1) is 13.0. The number of nitrogens with zero attached hydrogens (tertiary/aromatic N) is 2. The van der Waals surface area contributed by atoms with Crippen molar-refractivity contribution in [1.82, 2.24) is 10.3 Å². The van der Waals surface area contributed by atoms with Crippen LogP contribution in [0.1, 0.15) is 23.4 Å². The zero-order valence-corrected chi connectivity index (χ0v) is 15.4. The molecule has 1 aliphatic heterocycles. The third-order valence-corrected chi connectivity index (χ3v) is 4.87. The largest absolute Gasteiger partial charge is 0.441 e. The molecule has 1 aliphatic rings. The Morgan fingerprint density at radius 3 is 2.78 bits per heavy atom. The van der Waals surface area contributed by atoms with Crippen molar-refractivity contribution >= 4 is 28.6 Å². The molecule has 2 amide bonds. The fraction of sp³-hybridized carbons (Fsp3) is 0.286. The van der Waals surface area contributed by atoms with Gasteiger partial charge < -0.3 is 14.6 Å². The number of carbonyl (C=O) groups excluding carboxylic acids is 2. The number of benzene rings is 2. The van der Waals surface area contributed by atoms with Gasteiger partial charge in [-0.1, -0.05) is 29.8 Å². The molecule has 1 aromatic heterocycles. The van der Waals surface area contributed by atoms with Gasteiger partial charge in [0.2, 0.25) is 11.8 Å². The van der Waals surface area contributed by atoms with Gasteiger partial charge in [-0.05, 0) is 30.7 Å². The van der Waals surface area contributed by atoms with Crippen molar-refractivity contribution in [3.63, 3.8) is 0 Å². The maximum Gasteiger partial charge on any atom is 0.227 e. The topological polar surface area (TPSA) is 75.4 Å². The smallest absolute Gasteiger partial charge is 0.227 e. The summed E-state index contributed by atoms with van der Waals surface area (Å²) in [7, 11) is 0. The van der Waals surface area contributed by atoms with Crippen molar-refractivity contribution in [1.29, 1.82) is 0 Å². The molecule has 0 saturated carbocycles. The van der Waals surface area contributed by atoms with Crippen LogP contribution in [0, 0.1) is 19.8 Å². The standard InChI is InChI=1S/C21H21N3O3/c1-13-3-5-15(6-4-13)11-22-21(26)16-9-20(25)24(12-16)17-7-8-19-18(10-17)23-14(2)27-19/h3-8,10,16H,9,11-12H2,1-2H3,(H,22,26)/t16-/m0/s1. The van der Waals surface area contributed by atoms with E-state index in [0.717, 1.165) is 11.3 Å². The Morgan fingerprint density at radius 1 is 1.22 bits per heavy atom. The second-order valence-corrected chi connectivity index (χ2v) is 6.99. The third kappa shape index (κ3) is 3.56. The molecule has 0 aliphatic carbocycles. The minimum Gasteiger partial charge on any atom is -0.441 e. The van der Waals surface area contributed by atoms with E-state index in [1.165, 1.54) is 5.56 Å². The average Bonchev–Trinajstić information content (AvgIpc) is 3.22. The summed E-state index contributed by atoms with van der Waals surface area (Å²) >= 11 is 0. The van der Waals surface area contributed by atoms with Gasteiger partial charge in [-0.25, -0.2) is 4.98 Å². The number of carbonyl (C=O) groups is 2. The van der Waals surface area contributed by atoms with Gasteiger partial charge in [0, 0.05) is 32.1 Å². The van der Waals surface area contributed by atoms with Crippen LogP contribution in [0.4, 0.5) is 5.69 Å². The first kappa shape index (κ1) is 17.3. The van der Waals surface area contributed by atoms with E-state index in [1.807, 2.05) is 49.4 Å². The van der Waals surface area contributed by atoms with E-state index in [-0.39, 0.29) is 24.2 Å². The summed E-state index contributed by atoms with van der Waals surface area (Å²) in [5.41, 5.74) is 4.37. The molecule has 6 nitrogen and oxygen atoms in total. The fourth-order valence-corrected chi connectivity index (χ4v) is 3.37. The predicted molar refractivity (Wildman–Crippen MR) is 102 cm³/mol. The molecule has 1 saturated heterocycles. The monoisotopic (exact) mass is 363 g/mol. The van der Waals surface area contributed by atoms with Crippen LogP contribution in [0.25, 0.3) is 11.1 Å². The van der Waals surface area contributed by atoms with Gasteiger partial charge in [0.15, 0.2) is 11.5 Å². The van der Waals surface area contributed by atoms with Gasteiger partial charge in [-0.3, -0.25) is 9.59 Å². The van der Waals surface area contributed by atoms with Crippen LogP contribution < -0.4 is 10.2 Å². The van der Waals surface area contributed by atoms with Gasteiger partial charge in [-0.2, -0.15) is 0 Å². The summed E-state index contributed by atoms with van der Waals surface area (Å²) in [4.78, 5) is 30.9. The van der Waals surface area contributed by atoms with Crippen molar-refractivity contribution in [2.75, 3.05) is 11.4 Å². The van der Waals surface area contributed by atoms with E-state index in [4.69, 9.17) is 4.42 Å². The molecule has 0 unspecified atom stereocenters. The van der Waals surface area contributed by atoms with Gasteiger partial charge in [0.25, 0.3) is 0 Å². The Bertz CT molecular complexity index is 1010. The third-order valence-electron chi connectivity index (χ3n) is 4.87. The molecule has 1 N–H and O–H groups in total. The van der Waals surface area contributed by atoms with E-state index in [2.05, 4.69) is 10.3 Å². The second kappa shape index (κ2) is 6.87. The lowest BCUT2D eigenvalue weighted by Crippen LogP contribution is -2.32. The van der Waals surface area contributed by atoms with Gasteiger partial charge in [0.05, 0.1) is 5.92 Å². The molecule has 1 atom stereocenters. The van der Waals surface area contributed by atoms with Crippen LogP contribution in [0.2, 0.25) is 0 Å². The van der Waals surface area contributed by atoms with Crippen LogP contribution in [0.3, 0.4) is 0 Å². The number of fused-ring (bicyclic) bond motifs is 1. The summed E-state index contributed by atoms with van der Waals surface area (Å²) < 4.78 is 5.47. The minimum absolute atomic E-state index is 0.0509. The molecule has 0 radical (unpaired) electrons. The highest BCUT2D eigenvalue weighted by molar-refractivity contribution is 6.01. The first-order valence-electron chi connectivity index (χ1n) is 9.00. The lowest BCUT2D eigenvalue weighted by Gasteiger charge is -2.16. The zero-order chi connectivity index (χ0) is 19.0. The number of amides is 2. The highest BCUT2D eigenvalue weighted by Crippen LogP contribution is 2.28. The first-order valence-corrected chi connectivity index (χ1v) is 9.00. The number of hydrogen-bond acceptors (Lipinski definition) is 4. The summed E-state index contributed by atoms with van der Waals surface area (Å²) in [6.07, 6.45) is 0.218. The Hall–Kier alpha value is -3.15. The number of oxazole rings is 1. The molecular weight excluding hydrogens is 342 g/mol. The molecule has 6 heteroatoms. The fourth-order valence-electron chi connectivity index (χ4n) is 3.37. The number of aromatic nitrogens is 1. The summed E-state index contributed by atoms with van der Waals surface area (Å²) in [5.74, 6) is 0.0933. The second-order valence-electron chi connectivity index (χ2n) is 6.99. The van der Waals surface area contributed by atoms with Crippen LogP contribution >= 0.6 is 0 Å². The van der Waals surface area contributed by atoms with E-state index >= 15 is 0 Å². The van der Waals surface area contributed by atoms with Crippen LogP contribution in [0.15, 0.2) is 46.9 Å². The summed E-state index contributed by atoms with van der Waals surface area (Å²) in [6.45, 7) is 4.66. The van der Waals surface area contributed by atoms with Crippen molar-refractivity contribution in [3.05, 3.63) is 59.5 Å². The van der Waals surface area contributed by atoms with E-state index in [1.54, 1.807) is 11.8 Å². The SMILES string of the molecule is Cc1ccc(CNC(=O)[C@H]2CC(=O)N(c3ccc4oc(C)nc4c3)C2)cc1. The molecule has 0 bridgehead atoms. The zero-order valence-electron chi connectivity index (χ0n) is 15.4. The number of anilines is 1. The van der Waals surface area contributed by atoms with Crippen LogP contribution in [0.5, 0.6) is 0 Å². The maximum atomic E-state index is 12.5. The minimum atomic E-state index is -0.349. The number of rotatable bonds is 4. The van der Waals surface area contributed by atoms with Crippen molar-refractivity contribution in [2.24, 2.45) is 5.92 Å². The van der Waals surface area contributed by atoms with E-state index in [0.29, 0.717) is 30.1 Å². The quantitative estimate of drug-likeness (QED) is 0.773. The van der Waals surface area contributed by atoms with Crippen LogP contribution in [-0.4, -0.2) is 23.3 Å². The maximum absolute atomic E-state index is 12.5. The molecular formula is C21H21N3O3. The highest BCUT2D eigenvalue weighted by Gasteiger charge is 2.35. The highest BCUT2D eigenvalue weighted by atomic mass is 16.3. The molecule has 0 spiro atoms. The Morgan fingerprint density at radius 2 is 2.00 bits per heavy atom. The Labute approximate surface area is 157 Å². The molecule has 2 aromatic carbocycles. The van der Waals surface area contributed by atoms with Crippen molar-refractivity contribution in [2.45, 2.75) is 26.8 Å². The molecule has 3 aromatic rings. The van der Waals surface area contributed by atoms with Gasteiger partial charge in [0.1, 0.15) is 5.52 Å². The van der Waals surface area contributed by atoms with Crippen molar-refractivity contribution < 1.29 is 14.0 Å². The lowest BCUT2D eigenvalue weighted by atomic mass is 10.1. The van der Waals surface area contributed by atoms with Crippen LogP contribution in [-0.2, 0) is 16.1 Å². The van der Waals surface area contributed by atoms with E-state index in [9.17, 15) is 9.59 Å². The number of aryl methyl sites for hydroxylation is 2.